The number of amides is 1. The van der Waals surface area contributed by atoms with Crippen molar-refractivity contribution >= 4 is 22.6 Å². The van der Waals surface area contributed by atoms with Gasteiger partial charge in [0.1, 0.15) is 12.1 Å². The van der Waals surface area contributed by atoms with Crippen molar-refractivity contribution in [1.82, 2.24) is 20.3 Å². The summed E-state index contributed by atoms with van der Waals surface area (Å²) in [5.41, 5.74) is 0.480. The quantitative estimate of drug-likeness (QED) is 0.920. The number of pyridine rings is 1. The number of rotatable bonds is 2. The van der Waals surface area contributed by atoms with E-state index in [1.165, 1.54) is 0 Å². The van der Waals surface area contributed by atoms with Crippen LogP contribution < -0.4 is 10.2 Å². The Kier molecular flexibility index (Phi) is 4.15. The van der Waals surface area contributed by atoms with Gasteiger partial charge in [0, 0.05) is 36.1 Å². The maximum atomic E-state index is 12.2. The molecule has 1 saturated heterocycles. The normalized spacial score (nSPS) is 18.9. The first kappa shape index (κ1) is 15.6. The van der Waals surface area contributed by atoms with Gasteiger partial charge in [0.2, 0.25) is 5.91 Å². The lowest BCUT2D eigenvalue weighted by atomic mass is 9.94. The molecule has 1 N–H and O–H groups in total. The number of hydrogen-bond donors (Lipinski definition) is 1. The predicted molar refractivity (Wildman–Crippen MR) is 90.2 cm³/mol. The van der Waals surface area contributed by atoms with Gasteiger partial charge in [-0.3, -0.25) is 9.78 Å². The molecular weight excluding hydrogens is 290 g/mol. The van der Waals surface area contributed by atoms with Gasteiger partial charge in [-0.05, 0) is 18.9 Å². The summed E-state index contributed by atoms with van der Waals surface area (Å²) in [5, 5.41) is 4.18. The van der Waals surface area contributed by atoms with Gasteiger partial charge in [-0.2, -0.15) is 0 Å². The van der Waals surface area contributed by atoms with Crippen LogP contribution in [0.15, 0.2) is 24.8 Å². The van der Waals surface area contributed by atoms with E-state index in [9.17, 15) is 4.79 Å². The summed E-state index contributed by atoms with van der Waals surface area (Å²) in [6.45, 7) is 7.53. The lowest BCUT2D eigenvalue weighted by Crippen LogP contribution is -2.50. The van der Waals surface area contributed by atoms with Crippen LogP contribution in [0.25, 0.3) is 10.9 Å². The Hall–Kier alpha value is -2.24. The van der Waals surface area contributed by atoms with Crippen LogP contribution in [0.1, 0.15) is 33.6 Å². The standard InChI is InChI=1S/C17H23N5O/c1-17(2,3)16(23)21-12-5-4-8-22(10-12)15-13-6-7-18-9-14(13)19-11-20-15/h6-7,9,11-12H,4-5,8,10H2,1-3H3,(H,21,23). The van der Waals surface area contributed by atoms with Gasteiger partial charge in [-0.1, -0.05) is 20.8 Å². The molecule has 3 heterocycles. The largest absolute Gasteiger partial charge is 0.354 e. The van der Waals surface area contributed by atoms with Crippen LogP contribution in [-0.2, 0) is 4.79 Å². The zero-order valence-corrected chi connectivity index (χ0v) is 13.9. The molecule has 0 saturated carbocycles. The number of carbonyl (C=O) groups is 1. The Morgan fingerprint density at radius 1 is 1.35 bits per heavy atom. The fourth-order valence-electron chi connectivity index (χ4n) is 2.83. The van der Waals surface area contributed by atoms with Gasteiger partial charge in [0.15, 0.2) is 0 Å². The van der Waals surface area contributed by atoms with E-state index in [0.717, 1.165) is 42.7 Å². The van der Waals surface area contributed by atoms with E-state index >= 15 is 0 Å². The lowest BCUT2D eigenvalue weighted by molar-refractivity contribution is -0.129. The van der Waals surface area contributed by atoms with Crippen LogP contribution in [0, 0.1) is 5.41 Å². The minimum absolute atomic E-state index is 0.0982. The molecular formula is C17H23N5O. The molecule has 2 aromatic rings. The summed E-state index contributed by atoms with van der Waals surface area (Å²) in [7, 11) is 0. The van der Waals surface area contributed by atoms with E-state index in [4.69, 9.17) is 0 Å². The molecule has 3 rings (SSSR count). The molecule has 1 aliphatic rings. The maximum absolute atomic E-state index is 12.2. The van der Waals surface area contributed by atoms with Crippen molar-refractivity contribution in [2.45, 2.75) is 39.7 Å². The van der Waals surface area contributed by atoms with Crippen LogP contribution >= 0.6 is 0 Å². The average molecular weight is 313 g/mol. The van der Waals surface area contributed by atoms with Crippen molar-refractivity contribution in [2.75, 3.05) is 18.0 Å². The second kappa shape index (κ2) is 6.10. The smallest absolute Gasteiger partial charge is 0.225 e. The number of hydrogen-bond acceptors (Lipinski definition) is 5. The zero-order chi connectivity index (χ0) is 16.4. The van der Waals surface area contributed by atoms with Crippen molar-refractivity contribution in [1.29, 1.82) is 0 Å². The molecule has 0 radical (unpaired) electrons. The molecule has 6 nitrogen and oxygen atoms in total. The molecule has 23 heavy (non-hydrogen) atoms. The van der Waals surface area contributed by atoms with Gasteiger partial charge in [-0.15, -0.1) is 0 Å². The molecule has 1 unspecified atom stereocenters. The average Bonchev–Trinajstić information content (AvgIpc) is 2.53. The molecule has 1 atom stereocenters. The summed E-state index contributed by atoms with van der Waals surface area (Å²) in [6, 6.07) is 2.10. The zero-order valence-electron chi connectivity index (χ0n) is 13.9. The first-order valence-corrected chi connectivity index (χ1v) is 8.06. The monoisotopic (exact) mass is 313 g/mol. The van der Waals surface area contributed by atoms with E-state index < -0.39 is 0 Å². The first-order valence-electron chi connectivity index (χ1n) is 8.06. The van der Waals surface area contributed by atoms with Gasteiger partial charge in [0.05, 0.1) is 11.7 Å². The van der Waals surface area contributed by atoms with E-state index in [-0.39, 0.29) is 17.4 Å². The Labute approximate surface area is 136 Å². The highest BCUT2D eigenvalue weighted by Crippen LogP contribution is 2.25. The number of anilines is 1. The lowest BCUT2D eigenvalue weighted by Gasteiger charge is -2.35. The van der Waals surface area contributed by atoms with Crippen molar-refractivity contribution in [2.24, 2.45) is 5.41 Å². The highest BCUT2D eigenvalue weighted by molar-refractivity contribution is 5.88. The maximum Gasteiger partial charge on any atom is 0.225 e. The predicted octanol–water partition coefficient (Wildman–Crippen LogP) is 2.16. The fraction of sp³-hybridized carbons (Fsp3) is 0.529. The van der Waals surface area contributed by atoms with Crippen LogP contribution in [0.2, 0.25) is 0 Å². The van der Waals surface area contributed by atoms with Crippen LogP contribution in [0.5, 0.6) is 0 Å². The summed E-state index contributed by atoms with van der Waals surface area (Å²) in [6.07, 6.45) is 7.13. The van der Waals surface area contributed by atoms with Crippen molar-refractivity contribution in [3.05, 3.63) is 24.8 Å². The number of nitrogens with one attached hydrogen (secondary N) is 1. The van der Waals surface area contributed by atoms with Gasteiger partial charge < -0.3 is 10.2 Å². The second-order valence-electron chi connectivity index (χ2n) is 7.10. The summed E-state index contributed by atoms with van der Waals surface area (Å²) < 4.78 is 0. The molecule has 0 aliphatic carbocycles. The Balaban J connectivity index is 1.79. The third kappa shape index (κ3) is 3.41. The topological polar surface area (TPSA) is 71.0 Å². The van der Waals surface area contributed by atoms with Gasteiger partial charge >= 0.3 is 0 Å². The highest BCUT2D eigenvalue weighted by Gasteiger charge is 2.28. The third-order valence-electron chi connectivity index (χ3n) is 4.16. The molecule has 2 aromatic heterocycles. The molecule has 1 fully saturated rings. The highest BCUT2D eigenvalue weighted by atomic mass is 16.2. The van der Waals surface area contributed by atoms with Crippen molar-refractivity contribution < 1.29 is 4.79 Å². The van der Waals surface area contributed by atoms with Crippen molar-refractivity contribution in [3.63, 3.8) is 0 Å². The molecule has 6 heteroatoms. The molecule has 122 valence electrons. The Bertz CT molecular complexity index is 704. The van der Waals surface area contributed by atoms with E-state index in [0.29, 0.717) is 0 Å². The first-order chi connectivity index (χ1) is 10.9. The van der Waals surface area contributed by atoms with E-state index in [1.54, 1.807) is 18.7 Å². The summed E-state index contributed by atoms with van der Waals surface area (Å²) in [5.74, 6) is 1.02. The molecule has 1 aliphatic heterocycles. The number of piperidine rings is 1. The molecule has 0 spiro atoms. The fourth-order valence-corrected chi connectivity index (χ4v) is 2.83. The summed E-state index contributed by atoms with van der Waals surface area (Å²) >= 11 is 0. The van der Waals surface area contributed by atoms with Crippen LogP contribution in [0.4, 0.5) is 5.82 Å². The van der Waals surface area contributed by atoms with E-state index in [1.807, 2.05) is 26.8 Å². The number of nitrogens with zero attached hydrogens (tertiary/aromatic N) is 4. The number of fused-ring (bicyclic) bond motifs is 1. The van der Waals surface area contributed by atoms with Gasteiger partial charge in [0.25, 0.3) is 0 Å². The SMILES string of the molecule is CC(C)(C)C(=O)NC1CCCN(c2ncnc3cnccc23)C1. The molecule has 0 bridgehead atoms. The molecule has 1 amide bonds. The summed E-state index contributed by atoms with van der Waals surface area (Å²) in [4.78, 5) is 27.3. The Morgan fingerprint density at radius 2 is 2.17 bits per heavy atom. The van der Waals surface area contributed by atoms with Crippen LogP contribution in [0.3, 0.4) is 0 Å². The minimum atomic E-state index is -0.366. The third-order valence-corrected chi connectivity index (χ3v) is 4.16. The van der Waals surface area contributed by atoms with E-state index in [2.05, 4.69) is 25.2 Å². The Morgan fingerprint density at radius 3 is 2.96 bits per heavy atom. The van der Waals surface area contributed by atoms with Gasteiger partial charge in [-0.25, -0.2) is 9.97 Å². The minimum Gasteiger partial charge on any atom is -0.354 e. The van der Waals surface area contributed by atoms with Crippen LogP contribution in [-0.4, -0.2) is 40.0 Å². The number of carbonyl (C=O) groups excluding carboxylic acids is 1. The number of aromatic nitrogens is 3. The van der Waals surface area contributed by atoms with Crippen molar-refractivity contribution in [3.8, 4) is 0 Å². The second-order valence-corrected chi connectivity index (χ2v) is 7.10. The molecule has 0 aromatic carbocycles.